The van der Waals surface area contributed by atoms with Crippen LogP contribution in [0.5, 0.6) is 0 Å². The summed E-state index contributed by atoms with van der Waals surface area (Å²) < 4.78 is 9.47. The average molecular weight is 324 g/mol. The Morgan fingerprint density at radius 2 is 1.00 bits per heavy atom. The predicted octanol–water partition coefficient (Wildman–Crippen LogP) is 2.23. The van der Waals surface area contributed by atoms with Crippen LogP contribution >= 0.6 is 0 Å². The van der Waals surface area contributed by atoms with Gasteiger partial charge in [-0.3, -0.25) is 0 Å². The highest BCUT2D eigenvalue weighted by Gasteiger charge is 2.17. The first-order chi connectivity index (χ1) is 11.7. The molecule has 0 bridgehead atoms. The van der Waals surface area contributed by atoms with E-state index in [1.165, 1.54) is 14.2 Å². The lowest BCUT2D eigenvalue weighted by Crippen LogP contribution is -2.19. The average Bonchev–Trinajstić information content (AvgIpc) is 2.65. The van der Waals surface area contributed by atoms with E-state index in [-0.39, 0.29) is 11.4 Å². The van der Waals surface area contributed by atoms with Crippen LogP contribution in [-0.2, 0) is 19.1 Å². The van der Waals surface area contributed by atoms with Crippen LogP contribution in [0.3, 0.4) is 0 Å². The maximum Gasteiger partial charge on any atom is 0.359 e. The zero-order valence-electron chi connectivity index (χ0n) is 13.3. The summed E-state index contributed by atoms with van der Waals surface area (Å²) in [4.78, 5) is 23.9. The first kappa shape index (κ1) is 17.1. The fourth-order valence-corrected chi connectivity index (χ4v) is 1.92. The maximum absolute atomic E-state index is 12.0. The van der Waals surface area contributed by atoms with Gasteiger partial charge in [0.2, 0.25) is 0 Å². The van der Waals surface area contributed by atoms with E-state index in [0.29, 0.717) is 11.1 Å². The highest BCUT2D eigenvalue weighted by Crippen LogP contribution is 2.07. The van der Waals surface area contributed by atoms with E-state index >= 15 is 0 Å². The number of methoxy groups -OCH3 is 2. The van der Waals surface area contributed by atoms with Gasteiger partial charge in [0.15, 0.2) is 11.4 Å². The summed E-state index contributed by atoms with van der Waals surface area (Å²) in [5, 5.41) is 7.88. The molecule has 2 rings (SSSR count). The Kier molecular flexibility index (Phi) is 5.96. The third kappa shape index (κ3) is 4.13. The Hall–Kier alpha value is -3.28. The summed E-state index contributed by atoms with van der Waals surface area (Å²) in [5.74, 6) is -1.30. The first-order valence-corrected chi connectivity index (χ1v) is 7.10. The Morgan fingerprint density at radius 3 is 1.29 bits per heavy atom. The first-order valence-electron chi connectivity index (χ1n) is 7.10. The van der Waals surface area contributed by atoms with Crippen LogP contribution in [0, 0.1) is 0 Å². The third-order valence-electron chi connectivity index (χ3n) is 3.10. The van der Waals surface area contributed by atoms with Crippen molar-refractivity contribution in [1.29, 1.82) is 0 Å². The Labute approximate surface area is 139 Å². The van der Waals surface area contributed by atoms with Crippen LogP contribution in [0.15, 0.2) is 70.9 Å². The van der Waals surface area contributed by atoms with Gasteiger partial charge >= 0.3 is 11.9 Å². The summed E-state index contributed by atoms with van der Waals surface area (Å²) in [6.07, 6.45) is 0. The topological polar surface area (TPSA) is 77.3 Å². The van der Waals surface area contributed by atoms with E-state index in [4.69, 9.17) is 9.47 Å². The molecule has 0 spiro atoms. The number of hydrogen-bond donors (Lipinski definition) is 0. The molecule has 0 fully saturated rings. The van der Waals surface area contributed by atoms with Crippen molar-refractivity contribution in [3.63, 3.8) is 0 Å². The molecule has 2 aromatic rings. The van der Waals surface area contributed by atoms with Gasteiger partial charge in [-0.15, -0.1) is 10.2 Å². The van der Waals surface area contributed by atoms with E-state index in [1.54, 1.807) is 48.5 Å². The zero-order valence-corrected chi connectivity index (χ0v) is 13.3. The van der Waals surface area contributed by atoms with Crippen LogP contribution in [0.1, 0.15) is 11.1 Å². The summed E-state index contributed by atoms with van der Waals surface area (Å²) >= 11 is 0. The summed E-state index contributed by atoms with van der Waals surface area (Å²) in [5.41, 5.74) is 1.06. The summed E-state index contributed by atoms with van der Waals surface area (Å²) in [6.45, 7) is 0. The van der Waals surface area contributed by atoms with Crippen LogP contribution in [0.25, 0.3) is 0 Å². The van der Waals surface area contributed by atoms with Gasteiger partial charge in [0.05, 0.1) is 14.2 Å². The van der Waals surface area contributed by atoms with Gasteiger partial charge in [0.25, 0.3) is 0 Å². The molecule has 0 saturated heterocycles. The number of ether oxygens (including phenoxy) is 2. The van der Waals surface area contributed by atoms with Gasteiger partial charge in [0, 0.05) is 11.1 Å². The van der Waals surface area contributed by atoms with Crippen LogP contribution in [0.2, 0.25) is 0 Å². The normalized spacial score (nSPS) is 11.8. The molecule has 0 heterocycles. The van der Waals surface area contributed by atoms with E-state index < -0.39 is 11.9 Å². The second-order valence-electron chi connectivity index (χ2n) is 4.61. The number of benzene rings is 2. The number of carbonyl (C=O) groups excluding carboxylic acids is 2. The number of esters is 2. The van der Waals surface area contributed by atoms with Gasteiger partial charge in [-0.25, -0.2) is 9.59 Å². The van der Waals surface area contributed by atoms with Crippen LogP contribution < -0.4 is 0 Å². The fourth-order valence-electron chi connectivity index (χ4n) is 1.92. The van der Waals surface area contributed by atoms with Crippen molar-refractivity contribution in [3.05, 3.63) is 71.8 Å². The molecule has 122 valence electrons. The molecule has 0 radical (unpaired) electrons. The fraction of sp³-hybridized carbons (Fsp3) is 0.111. The molecule has 6 heteroatoms. The third-order valence-corrected chi connectivity index (χ3v) is 3.10. The molecule has 0 N–H and O–H groups in total. The lowest BCUT2D eigenvalue weighted by molar-refractivity contribution is -0.133. The standard InChI is InChI=1S/C18H16N2O4/c1-23-17(21)15(13-9-5-3-6-10-13)19-20-16(18(22)24-2)14-11-7-4-8-12-14/h3-12H,1-2H3/b19-15-,20-16-. The van der Waals surface area contributed by atoms with E-state index in [2.05, 4.69) is 10.2 Å². The molecule has 24 heavy (non-hydrogen) atoms. The van der Waals surface area contributed by atoms with Gasteiger partial charge < -0.3 is 9.47 Å². The van der Waals surface area contributed by atoms with E-state index in [0.717, 1.165) is 0 Å². The Bertz CT molecular complexity index is 701. The second kappa shape index (κ2) is 8.38. The molecule has 2 aromatic carbocycles. The van der Waals surface area contributed by atoms with Crippen molar-refractivity contribution in [2.75, 3.05) is 14.2 Å². The molecule has 0 saturated carbocycles. The molecule has 0 unspecified atom stereocenters. The highest BCUT2D eigenvalue weighted by atomic mass is 16.5. The number of hydrogen-bond acceptors (Lipinski definition) is 6. The summed E-state index contributed by atoms with van der Waals surface area (Å²) in [6, 6.07) is 17.5. The zero-order chi connectivity index (χ0) is 17.4. The van der Waals surface area contributed by atoms with Crippen molar-refractivity contribution >= 4 is 23.4 Å². The minimum atomic E-state index is -0.651. The molecule has 0 aromatic heterocycles. The lowest BCUT2D eigenvalue weighted by Gasteiger charge is -2.05. The number of rotatable bonds is 5. The smallest absolute Gasteiger partial charge is 0.359 e. The second-order valence-corrected chi connectivity index (χ2v) is 4.61. The van der Waals surface area contributed by atoms with Gasteiger partial charge in [-0.05, 0) is 0 Å². The van der Waals surface area contributed by atoms with Gasteiger partial charge in [0.1, 0.15) is 0 Å². The maximum atomic E-state index is 12.0. The molecule has 0 aliphatic heterocycles. The number of carbonyl (C=O) groups is 2. The van der Waals surface area contributed by atoms with Crippen molar-refractivity contribution < 1.29 is 19.1 Å². The van der Waals surface area contributed by atoms with E-state index in [9.17, 15) is 9.59 Å². The van der Waals surface area contributed by atoms with Gasteiger partial charge in [-0.2, -0.15) is 0 Å². The van der Waals surface area contributed by atoms with Crippen LogP contribution in [-0.4, -0.2) is 37.6 Å². The SMILES string of the molecule is COC(=O)/C(=N\N=C(/C(=O)OC)c1ccccc1)c1ccccc1. The Morgan fingerprint density at radius 1 is 0.667 bits per heavy atom. The monoisotopic (exact) mass is 324 g/mol. The molecular formula is C18H16N2O4. The lowest BCUT2D eigenvalue weighted by atomic mass is 10.1. The molecule has 0 atom stereocenters. The molecular weight excluding hydrogens is 308 g/mol. The van der Waals surface area contributed by atoms with Crippen molar-refractivity contribution in [2.45, 2.75) is 0 Å². The number of nitrogens with zero attached hydrogens (tertiary/aromatic N) is 2. The molecule has 6 nitrogen and oxygen atoms in total. The molecule has 0 aliphatic carbocycles. The molecule has 0 amide bonds. The van der Waals surface area contributed by atoms with Gasteiger partial charge in [-0.1, -0.05) is 60.7 Å². The van der Waals surface area contributed by atoms with Crippen molar-refractivity contribution in [3.8, 4) is 0 Å². The molecule has 0 aliphatic rings. The van der Waals surface area contributed by atoms with Crippen molar-refractivity contribution in [2.24, 2.45) is 10.2 Å². The van der Waals surface area contributed by atoms with Crippen molar-refractivity contribution in [1.82, 2.24) is 0 Å². The van der Waals surface area contributed by atoms with E-state index in [1.807, 2.05) is 12.1 Å². The Balaban J connectivity index is 2.51. The quantitative estimate of drug-likeness (QED) is 0.480. The minimum absolute atomic E-state index is 0.00423. The highest BCUT2D eigenvalue weighted by molar-refractivity contribution is 6.45. The summed E-state index contributed by atoms with van der Waals surface area (Å²) in [7, 11) is 2.51. The van der Waals surface area contributed by atoms with Crippen LogP contribution in [0.4, 0.5) is 0 Å². The largest absolute Gasteiger partial charge is 0.464 e. The predicted molar refractivity (Wildman–Crippen MR) is 90.0 cm³/mol. The minimum Gasteiger partial charge on any atom is -0.464 e.